The normalized spacial score (nSPS) is 16.9. The van der Waals surface area contributed by atoms with Crippen LogP contribution in [0.2, 0.25) is 0 Å². The zero-order chi connectivity index (χ0) is 31.1. The largest absolute Gasteiger partial charge is 0.460 e. The van der Waals surface area contributed by atoms with Gasteiger partial charge in [-0.1, -0.05) is 12.1 Å². The van der Waals surface area contributed by atoms with Crippen molar-refractivity contribution in [3.8, 4) is 0 Å². The molecule has 1 aromatic carbocycles. The monoisotopic (exact) mass is 606 g/mol. The Kier molecular flexibility index (Phi) is 14.5. The maximum absolute atomic E-state index is 12.9. The Balaban J connectivity index is 1.13. The quantitative estimate of drug-likeness (QED) is 0.134. The number of nitrogens with zero attached hydrogens (tertiary/aromatic N) is 1. The summed E-state index contributed by atoms with van der Waals surface area (Å²) in [6.45, 7) is 10.4. The van der Waals surface area contributed by atoms with E-state index in [1.165, 1.54) is 0 Å². The zero-order valence-corrected chi connectivity index (χ0v) is 25.7. The summed E-state index contributed by atoms with van der Waals surface area (Å²) in [6, 6.07) is 5.07. The van der Waals surface area contributed by atoms with E-state index in [9.17, 15) is 19.2 Å². The lowest BCUT2D eigenvalue weighted by atomic mass is 10.00. The third-order valence-corrected chi connectivity index (χ3v) is 6.77. The first-order valence-electron chi connectivity index (χ1n) is 15.0. The predicted octanol–water partition coefficient (Wildman–Crippen LogP) is 2.20. The van der Waals surface area contributed by atoms with Gasteiger partial charge in [0.05, 0.1) is 65.9 Å². The molecule has 2 aliphatic heterocycles. The number of ether oxygens (including phenoxy) is 6. The van der Waals surface area contributed by atoms with Gasteiger partial charge in [0.1, 0.15) is 11.6 Å². The summed E-state index contributed by atoms with van der Waals surface area (Å²) >= 11 is 0. The number of hydrogen-bond acceptors (Lipinski definition) is 10. The van der Waals surface area contributed by atoms with E-state index in [-0.39, 0.29) is 30.6 Å². The van der Waals surface area contributed by atoms with E-state index in [0.29, 0.717) is 84.6 Å². The Bertz CT molecular complexity index is 1070. The predicted molar refractivity (Wildman–Crippen MR) is 155 cm³/mol. The van der Waals surface area contributed by atoms with Crippen molar-refractivity contribution in [1.82, 2.24) is 10.2 Å². The molecule has 0 bridgehead atoms. The topological polar surface area (TPSA) is 139 Å². The molecule has 1 fully saturated rings. The van der Waals surface area contributed by atoms with Crippen LogP contribution in [-0.4, -0.2) is 106 Å². The summed E-state index contributed by atoms with van der Waals surface area (Å²) < 4.78 is 32.7. The number of esters is 1. The van der Waals surface area contributed by atoms with Crippen LogP contribution in [0, 0.1) is 0 Å². The van der Waals surface area contributed by atoms with Crippen LogP contribution in [0.3, 0.4) is 0 Å². The van der Waals surface area contributed by atoms with Gasteiger partial charge in [-0.25, -0.2) is 0 Å². The Morgan fingerprint density at radius 1 is 0.860 bits per heavy atom. The second-order valence-electron chi connectivity index (χ2n) is 11.3. The standard InChI is InChI=1S/C31H46N2O10/c1-31(2,3)43-28(35)11-13-39-15-17-41-19-21-42-20-18-40-16-14-38-12-5-7-23-6-4-8-24-25(23)22-33(30(24)37)26-9-10-27(34)32-29(26)36/h4,6,8,26H,5,7,9-22H2,1-3H3,(H,32,34,36). The Morgan fingerprint density at radius 2 is 1.44 bits per heavy atom. The molecule has 43 heavy (non-hydrogen) atoms. The minimum atomic E-state index is -0.609. The van der Waals surface area contributed by atoms with Gasteiger partial charge in [0, 0.05) is 25.1 Å². The van der Waals surface area contributed by atoms with Crippen LogP contribution >= 0.6 is 0 Å². The van der Waals surface area contributed by atoms with E-state index in [4.69, 9.17) is 28.4 Å². The summed E-state index contributed by atoms with van der Waals surface area (Å²) in [5.41, 5.74) is 2.18. The summed E-state index contributed by atoms with van der Waals surface area (Å²) in [6.07, 6.45) is 2.37. The first-order chi connectivity index (χ1) is 20.7. The molecule has 2 heterocycles. The number of nitrogens with one attached hydrogen (secondary N) is 1. The molecule has 2 aliphatic rings. The molecule has 0 aliphatic carbocycles. The van der Waals surface area contributed by atoms with E-state index >= 15 is 0 Å². The van der Waals surface area contributed by atoms with Gasteiger partial charge in [-0.05, 0) is 57.2 Å². The number of amides is 3. The van der Waals surface area contributed by atoms with E-state index in [1.54, 1.807) is 11.0 Å². The average molecular weight is 607 g/mol. The molecular formula is C31H46N2O10. The van der Waals surface area contributed by atoms with Crippen molar-refractivity contribution in [2.24, 2.45) is 0 Å². The molecule has 1 unspecified atom stereocenters. The number of aryl methyl sites for hydroxylation is 1. The fraction of sp³-hybridized carbons (Fsp3) is 0.677. The van der Waals surface area contributed by atoms with Crippen molar-refractivity contribution < 1.29 is 47.6 Å². The minimum Gasteiger partial charge on any atom is -0.460 e. The molecule has 12 heteroatoms. The molecule has 1 N–H and O–H groups in total. The third-order valence-electron chi connectivity index (χ3n) is 6.77. The number of carbonyl (C=O) groups excluding carboxylic acids is 4. The molecule has 1 saturated heterocycles. The number of piperidine rings is 1. The summed E-state index contributed by atoms with van der Waals surface area (Å²) in [5, 5.41) is 2.34. The number of fused-ring (bicyclic) bond motifs is 1. The summed E-state index contributed by atoms with van der Waals surface area (Å²) in [4.78, 5) is 49.9. The van der Waals surface area contributed by atoms with Gasteiger partial charge in [-0.3, -0.25) is 24.5 Å². The third kappa shape index (κ3) is 12.3. The molecule has 240 valence electrons. The minimum absolute atomic E-state index is 0.158. The highest BCUT2D eigenvalue weighted by molar-refractivity contribution is 6.05. The lowest BCUT2D eigenvalue weighted by Gasteiger charge is -2.29. The summed E-state index contributed by atoms with van der Waals surface area (Å²) in [7, 11) is 0. The fourth-order valence-corrected chi connectivity index (χ4v) is 4.78. The molecule has 3 rings (SSSR count). The van der Waals surface area contributed by atoms with Crippen molar-refractivity contribution >= 4 is 23.7 Å². The van der Waals surface area contributed by atoms with E-state index in [1.807, 2.05) is 32.9 Å². The van der Waals surface area contributed by atoms with E-state index in [0.717, 1.165) is 24.0 Å². The number of benzene rings is 1. The van der Waals surface area contributed by atoms with Crippen molar-refractivity contribution in [2.75, 3.05) is 66.1 Å². The zero-order valence-electron chi connectivity index (χ0n) is 25.7. The van der Waals surface area contributed by atoms with Gasteiger partial charge < -0.3 is 33.3 Å². The highest BCUT2D eigenvalue weighted by Gasteiger charge is 2.39. The Labute approximate surface area is 253 Å². The maximum atomic E-state index is 12.9. The second-order valence-corrected chi connectivity index (χ2v) is 11.3. The van der Waals surface area contributed by atoms with Crippen molar-refractivity contribution in [3.05, 3.63) is 34.9 Å². The van der Waals surface area contributed by atoms with Gasteiger partial charge in [-0.2, -0.15) is 0 Å². The Hall–Kier alpha value is -2.90. The number of imide groups is 1. The van der Waals surface area contributed by atoms with Crippen LogP contribution in [0.5, 0.6) is 0 Å². The molecule has 0 saturated carbocycles. The lowest BCUT2D eigenvalue weighted by molar-refractivity contribution is -0.156. The maximum Gasteiger partial charge on any atom is 0.308 e. The van der Waals surface area contributed by atoms with Gasteiger partial charge in [0.15, 0.2) is 0 Å². The second kappa shape index (κ2) is 18.0. The first kappa shape index (κ1) is 34.6. The molecular weight excluding hydrogens is 560 g/mol. The van der Waals surface area contributed by atoms with Crippen LogP contribution in [0.4, 0.5) is 0 Å². The van der Waals surface area contributed by atoms with Crippen LogP contribution in [-0.2, 0) is 55.8 Å². The van der Waals surface area contributed by atoms with Crippen LogP contribution < -0.4 is 5.32 Å². The van der Waals surface area contributed by atoms with Crippen molar-refractivity contribution in [3.63, 3.8) is 0 Å². The molecule has 0 spiro atoms. The van der Waals surface area contributed by atoms with Gasteiger partial charge >= 0.3 is 5.97 Å². The number of rotatable bonds is 20. The molecule has 3 amide bonds. The van der Waals surface area contributed by atoms with E-state index < -0.39 is 17.6 Å². The fourth-order valence-electron chi connectivity index (χ4n) is 4.78. The number of hydrogen-bond donors (Lipinski definition) is 1. The van der Waals surface area contributed by atoms with E-state index in [2.05, 4.69) is 5.32 Å². The molecule has 0 radical (unpaired) electrons. The van der Waals surface area contributed by atoms with Crippen molar-refractivity contribution in [2.45, 2.75) is 71.1 Å². The number of carbonyl (C=O) groups is 4. The SMILES string of the molecule is CC(C)(C)OC(=O)CCOCCOCCOCCOCCOCCCc1cccc2c1CN(C1CCC(=O)NC1=O)C2=O. The van der Waals surface area contributed by atoms with Crippen LogP contribution in [0.25, 0.3) is 0 Å². The summed E-state index contributed by atoms with van der Waals surface area (Å²) in [5.74, 6) is -1.12. The first-order valence-corrected chi connectivity index (χ1v) is 15.0. The average Bonchev–Trinajstić information content (AvgIpc) is 3.28. The smallest absolute Gasteiger partial charge is 0.308 e. The van der Waals surface area contributed by atoms with Crippen molar-refractivity contribution in [1.29, 1.82) is 0 Å². The van der Waals surface area contributed by atoms with Gasteiger partial charge in [-0.15, -0.1) is 0 Å². The Morgan fingerprint density at radius 3 is 2.02 bits per heavy atom. The van der Waals surface area contributed by atoms with Crippen LogP contribution in [0.15, 0.2) is 18.2 Å². The highest BCUT2D eigenvalue weighted by atomic mass is 16.6. The molecule has 1 aromatic rings. The van der Waals surface area contributed by atoms with Crippen LogP contribution in [0.1, 0.15) is 67.9 Å². The molecule has 1 atom stereocenters. The molecule has 0 aromatic heterocycles. The highest BCUT2D eigenvalue weighted by Crippen LogP contribution is 2.30. The van der Waals surface area contributed by atoms with Gasteiger partial charge in [0.25, 0.3) is 5.91 Å². The lowest BCUT2D eigenvalue weighted by Crippen LogP contribution is -2.52. The molecule has 12 nitrogen and oxygen atoms in total. The van der Waals surface area contributed by atoms with Gasteiger partial charge in [0.2, 0.25) is 11.8 Å².